The van der Waals surface area contributed by atoms with Gasteiger partial charge in [-0.15, -0.1) is 0 Å². The summed E-state index contributed by atoms with van der Waals surface area (Å²) in [5, 5.41) is 8.94. The molecule has 2 aromatic rings. The van der Waals surface area contributed by atoms with Crippen molar-refractivity contribution in [3.63, 3.8) is 0 Å². The molecule has 9 nitrogen and oxygen atoms in total. The number of likely N-dealkylation sites (N-methyl/N-ethyl adjacent to an activating group) is 1. The molecule has 4 rings (SSSR count). The zero-order valence-electron chi connectivity index (χ0n) is 17.8. The maximum atomic E-state index is 13.5. The average molecular weight is 474 g/mol. The molecule has 0 unspecified atom stereocenters. The Labute approximate surface area is 194 Å². The van der Waals surface area contributed by atoms with E-state index >= 15 is 0 Å². The van der Waals surface area contributed by atoms with Crippen LogP contribution < -0.4 is 10.5 Å². The zero-order valence-corrected chi connectivity index (χ0v) is 19.4. The average Bonchev–Trinajstić information content (AvgIpc) is 3.02. The molecular weight excluding hydrogens is 450 g/mol. The minimum atomic E-state index is -1.01. The highest BCUT2D eigenvalue weighted by Gasteiger charge is 2.33. The predicted octanol–water partition coefficient (Wildman–Crippen LogP) is 1.43. The van der Waals surface area contributed by atoms with Gasteiger partial charge in [0.25, 0.3) is 11.5 Å². The molecule has 32 heavy (non-hydrogen) atoms. The number of carboxylic acid groups (broad SMARTS) is 1. The van der Waals surface area contributed by atoms with E-state index in [0.29, 0.717) is 35.0 Å². The Morgan fingerprint density at radius 3 is 2.66 bits per heavy atom. The Balaban J connectivity index is 1.80. The maximum absolute atomic E-state index is 13.5. The van der Waals surface area contributed by atoms with Crippen molar-refractivity contribution in [1.29, 1.82) is 0 Å². The third-order valence-corrected chi connectivity index (χ3v) is 6.86. The number of carboxylic acids is 1. The van der Waals surface area contributed by atoms with Crippen LogP contribution in [0.5, 0.6) is 0 Å². The van der Waals surface area contributed by atoms with Crippen molar-refractivity contribution in [3.05, 3.63) is 44.7 Å². The highest BCUT2D eigenvalue weighted by Crippen LogP contribution is 2.33. The number of hydrogen-bond acceptors (Lipinski definition) is 8. The molecule has 1 N–H and O–H groups in total. The van der Waals surface area contributed by atoms with Gasteiger partial charge >= 0.3 is 5.97 Å². The van der Waals surface area contributed by atoms with E-state index in [9.17, 15) is 14.4 Å². The molecule has 1 amide bonds. The van der Waals surface area contributed by atoms with E-state index in [1.165, 1.54) is 9.30 Å². The molecule has 0 radical (unpaired) electrons. The smallest absolute Gasteiger partial charge is 0.305 e. The first-order valence-corrected chi connectivity index (χ1v) is 11.4. The predicted molar refractivity (Wildman–Crippen MR) is 128 cm³/mol. The van der Waals surface area contributed by atoms with Gasteiger partial charge in [-0.05, 0) is 31.7 Å². The number of carbonyl (C=O) groups excluding carboxylic acids is 1. The Morgan fingerprint density at radius 1 is 1.25 bits per heavy atom. The standard InChI is InChI=1S/C21H23N5O4S2/c1-13-3-4-16-22-18(24-9-7-23(2)8-10-24)14(19(29)26(16)12-13)11-15-20(30)25(21(31)32-15)6-5-17(27)28/h3-4,11-12H,5-10H2,1-2H3,(H,27,28)/b15-11-. The highest BCUT2D eigenvalue weighted by atomic mass is 32.2. The van der Waals surface area contributed by atoms with Crippen molar-refractivity contribution in [2.75, 3.05) is 44.7 Å². The SMILES string of the molecule is Cc1ccc2nc(N3CCN(C)CC3)c(/C=C3\SC(=S)N(CCC(=O)O)C3=O)c(=O)n2c1. The van der Waals surface area contributed by atoms with Gasteiger partial charge in [-0.25, -0.2) is 4.98 Å². The Kier molecular flexibility index (Phi) is 6.31. The number of carbonyl (C=O) groups is 2. The number of hydrogen-bond donors (Lipinski definition) is 1. The fourth-order valence-corrected chi connectivity index (χ4v) is 4.95. The molecule has 2 saturated heterocycles. The van der Waals surface area contributed by atoms with Crippen molar-refractivity contribution in [1.82, 2.24) is 19.2 Å². The monoisotopic (exact) mass is 473 g/mol. The lowest BCUT2D eigenvalue weighted by molar-refractivity contribution is -0.137. The number of aliphatic carboxylic acids is 1. The topological polar surface area (TPSA) is 98.5 Å². The molecule has 0 spiro atoms. The quantitative estimate of drug-likeness (QED) is 0.511. The lowest BCUT2D eigenvalue weighted by atomic mass is 10.2. The van der Waals surface area contributed by atoms with E-state index in [4.69, 9.17) is 22.3 Å². The molecule has 2 fully saturated rings. The van der Waals surface area contributed by atoms with Crippen LogP contribution in [-0.4, -0.2) is 80.3 Å². The molecule has 168 valence electrons. The first-order chi connectivity index (χ1) is 15.2. The molecule has 0 atom stereocenters. The second-order valence-electron chi connectivity index (χ2n) is 7.86. The van der Waals surface area contributed by atoms with Crippen molar-refractivity contribution in [3.8, 4) is 0 Å². The van der Waals surface area contributed by atoms with Gasteiger partial charge in [0.2, 0.25) is 0 Å². The van der Waals surface area contributed by atoms with Gasteiger partial charge in [-0.1, -0.05) is 30.0 Å². The second kappa shape index (κ2) is 9.00. The molecule has 0 bridgehead atoms. The summed E-state index contributed by atoms with van der Waals surface area (Å²) in [5.41, 5.74) is 1.53. The molecule has 0 aromatic carbocycles. The minimum absolute atomic E-state index is 0.00317. The van der Waals surface area contributed by atoms with E-state index in [-0.39, 0.29) is 28.8 Å². The molecule has 0 aliphatic carbocycles. The fourth-order valence-electron chi connectivity index (χ4n) is 3.66. The Morgan fingerprint density at radius 2 is 1.97 bits per heavy atom. The summed E-state index contributed by atoms with van der Waals surface area (Å²) < 4.78 is 1.78. The van der Waals surface area contributed by atoms with Crippen LogP contribution in [0.3, 0.4) is 0 Å². The number of thiocarbonyl (C=S) groups is 1. The first kappa shape index (κ1) is 22.4. The van der Waals surface area contributed by atoms with Crippen molar-refractivity contribution < 1.29 is 14.7 Å². The van der Waals surface area contributed by atoms with Gasteiger partial charge in [-0.3, -0.25) is 23.7 Å². The third-order valence-electron chi connectivity index (χ3n) is 5.49. The van der Waals surface area contributed by atoms with Crippen LogP contribution in [0.15, 0.2) is 28.0 Å². The summed E-state index contributed by atoms with van der Waals surface area (Å²) in [6.07, 6.45) is 3.08. The molecular formula is C21H23N5O4S2. The molecule has 11 heteroatoms. The van der Waals surface area contributed by atoms with Gasteiger partial charge in [0.1, 0.15) is 15.8 Å². The van der Waals surface area contributed by atoms with Gasteiger partial charge in [-0.2, -0.15) is 0 Å². The summed E-state index contributed by atoms with van der Waals surface area (Å²) in [6, 6.07) is 3.72. The van der Waals surface area contributed by atoms with Crippen LogP contribution in [0.25, 0.3) is 11.7 Å². The lowest BCUT2D eigenvalue weighted by Gasteiger charge is -2.34. The number of fused-ring (bicyclic) bond motifs is 1. The zero-order chi connectivity index (χ0) is 23.0. The molecule has 0 saturated carbocycles. The van der Waals surface area contributed by atoms with Crippen molar-refractivity contribution in [2.45, 2.75) is 13.3 Å². The van der Waals surface area contributed by atoms with Crippen LogP contribution in [0.2, 0.25) is 0 Å². The Bertz CT molecular complexity index is 1200. The summed E-state index contributed by atoms with van der Waals surface area (Å²) in [4.78, 5) is 47.9. The molecule has 2 aliphatic heterocycles. The number of amides is 1. The number of thioether (sulfide) groups is 1. The third kappa shape index (κ3) is 4.41. The molecule has 4 heterocycles. The number of pyridine rings is 1. The minimum Gasteiger partial charge on any atom is -0.481 e. The van der Waals surface area contributed by atoms with Gasteiger partial charge in [0.15, 0.2) is 0 Å². The van der Waals surface area contributed by atoms with E-state index in [2.05, 4.69) is 9.80 Å². The van der Waals surface area contributed by atoms with Crippen LogP contribution in [0.4, 0.5) is 5.82 Å². The maximum Gasteiger partial charge on any atom is 0.305 e. The fraction of sp³-hybridized carbons (Fsp3) is 0.381. The van der Waals surface area contributed by atoms with Crippen LogP contribution in [0.1, 0.15) is 17.5 Å². The van der Waals surface area contributed by atoms with Crippen LogP contribution in [-0.2, 0) is 9.59 Å². The highest BCUT2D eigenvalue weighted by molar-refractivity contribution is 8.26. The normalized spacial score (nSPS) is 18.9. The van der Waals surface area contributed by atoms with Crippen LogP contribution in [0, 0.1) is 6.92 Å². The summed E-state index contributed by atoms with van der Waals surface area (Å²) >= 11 is 6.35. The van der Waals surface area contributed by atoms with E-state index in [0.717, 1.165) is 30.4 Å². The summed E-state index contributed by atoms with van der Waals surface area (Å²) in [5.74, 6) is -0.852. The Hall–Kier alpha value is -2.76. The van der Waals surface area contributed by atoms with Gasteiger partial charge < -0.3 is 14.9 Å². The second-order valence-corrected chi connectivity index (χ2v) is 9.53. The largest absolute Gasteiger partial charge is 0.481 e. The van der Waals surface area contributed by atoms with E-state index < -0.39 is 5.97 Å². The molecule has 2 aliphatic rings. The lowest BCUT2D eigenvalue weighted by Crippen LogP contribution is -2.45. The van der Waals surface area contributed by atoms with Crippen molar-refractivity contribution in [2.24, 2.45) is 0 Å². The number of aromatic nitrogens is 2. The summed E-state index contributed by atoms with van der Waals surface area (Å²) in [7, 11) is 2.05. The molecule has 2 aromatic heterocycles. The van der Waals surface area contributed by atoms with Gasteiger partial charge in [0, 0.05) is 38.9 Å². The van der Waals surface area contributed by atoms with Crippen LogP contribution >= 0.6 is 24.0 Å². The number of rotatable bonds is 5. The van der Waals surface area contributed by atoms with E-state index in [1.54, 1.807) is 12.3 Å². The first-order valence-electron chi connectivity index (χ1n) is 10.2. The number of nitrogens with zero attached hydrogens (tertiary/aromatic N) is 5. The number of piperazine rings is 1. The number of anilines is 1. The van der Waals surface area contributed by atoms with E-state index in [1.807, 2.05) is 26.1 Å². The van der Waals surface area contributed by atoms with Gasteiger partial charge in [0.05, 0.1) is 16.9 Å². The van der Waals surface area contributed by atoms with Crippen molar-refractivity contribution >= 4 is 57.7 Å². The summed E-state index contributed by atoms with van der Waals surface area (Å²) in [6.45, 7) is 5.00. The number of aryl methyl sites for hydroxylation is 1.